The van der Waals surface area contributed by atoms with E-state index in [1.54, 1.807) is 12.4 Å². The fourth-order valence-electron chi connectivity index (χ4n) is 3.51. The minimum absolute atomic E-state index is 0.0914. The van der Waals surface area contributed by atoms with Crippen LogP contribution in [0.4, 0.5) is 0 Å². The molecule has 2 aliphatic rings. The van der Waals surface area contributed by atoms with Gasteiger partial charge in [0.1, 0.15) is 0 Å². The summed E-state index contributed by atoms with van der Waals surface area (Å²) in [6.07, 6.45) is 7.02. The highest BCUT2D eigenvalue weighted by Gasteiger charge is 2.50. The first-order valence-corrected chi connectivity index (χ1v) is 9.39. The van der Waals surface area contributed by atoms with Gasteiger partial charge in [0, 0.05) is 38.6 Å². The Morgan fingerprint density at radius 3 is 2.77 bits per heavy atom. The quantitative estimate of drug-likeness (QED) is 0.827. The second-order valence-electron chi connectivity index (χ2n) is 6.32. The number of hydrogen-bond acceptors (Lipinski definition) is 4. The summed E-state index contributed by atoms with van der Waals surface area (Å²) in [6.45, 7) is 2.06. The first kappa shape index (κ1) is 15.4. The summed E-state index contributed by atoms with van der Waals surface area (Å²) in [5.41, 5.74) is 0.481. The number of nitrogens with zero attached hydrogens (tertiary/aromatic N) is 3. The molecule has 2 saturated heterocycles. The van der Waals surface area contributed by atoms with Crippen LogP contribution in [0.1, 0.15) is 24.8 Å². The molecular formula is C15H21N3O3S. The van der Waals surface area contributed by atoms with Crippen molar-refractivity contribution in [2.75, 3.05) is 25.9 Å². The molecule has 0 unspecified atom stereocenters. The molecule has 6 nitrogen and oxygen atoms in total. The van der Waals surface area contributed by atoms with Crippen molar-refractivity contribution >= 4 is 15.9 Å². The van der Waals surface area contributed by atoms with Gasteiger partial charge in [-0.05, 0) is 30.9 Å². The van der Waals surface area contributed by atoms with E-state index in [2.05, 4.69) is 4.98 Å². The fourth-order valence-corrected chi connectivity index (χ4v) is 4.42. The highest BCUT2D eigenvalue weighted by Crippen LogP contribution is 2.41. The molecule has 1 aromatic heterocycles. The third kappa shape index (κ3) is 2.87. The summed E-state index contributed by atoms with van der Waals surface area (Å²) in [5.74, 6) is 0.0914. The van der Waals surface area contributed by atoms with Crippen LogP contribution >= 0.6 is 0 Å². The average molecular weight is 323 g/mol. The molecule has 1 amide bonds. The topological polar surface area (TPSA) is 70.6 Å². The summed E-state index contributed by atoms with van der Waals surface area (Å²) in [6, 6.07) is 3.82. The monoisotopic (exact) mass is 323 g/mol. The highest BCUT2D eigenvalue weighted by molar-refractivity contribution is 7.88. The minimum Gasteiger partial charge on any atom is -0.338 e. The Kier molecular flexibility index (Phi) is 3.94. The molecule has 0 N–H and O–H groups in total. The fraction of sp³-hybridized carbons (Fsp3) is 0.600. The molecule has 0 bridgehead atoms. The number of hydrogen-bond donors (Lipinski definition) is 0. The summed E-state index contributed by atoms with van der Waals surface area (Å²) >= 11 is 0. The Bertz CT molecular complexity index is 662. The van der Waals surface area contributed by atoms with Crippen LogP contribution < -0.4 is 0 Å². The molecule has 1 aromatic rings. The van der Waals surface area contributed by atoms with Crippen molar-refractivity contribution in [2.24, 2.45) is 5.41 Å². The Morgan fingerprint density at radius 1 is 1.32 bits per heavy atom. The van der Waals surface area contributed by atoms with Crippen LogP contribution in [-0.2, 0) is 21.4 Å². The number of aromatic nitrogens is 1. The number of amides is 1. The van der Waals surface area contributed by atoms with Gasteiger partial charge in [-0.3, -0.25) is 9.78 Å². The smallest absolute Gasteiger partial charge is 0.230 e. The van der Waals surface area contributed by atoms with Crippen molar-refractivity contribution in [3.05, 3.63) is 30.1 Å². The molecule has 120 valence electrons. The lowest BCUT2D eigenvalue weighted by Crippen LogP contribution is -2.49. The molecule has 2 aliphatic heterocycles. The lowest BCUT2D eigenvalue weighted by molar-refractivity contribution is -0.146. The second-order valence-corrected chi connectivity index (χ2v) is 8.30. The van der Waals surface area contributed by atoms with Crippen LogP contribution in [0, 0.1) is 5.41 Å². The SMILES string of the molecule is CS(=O)(=O)N1CC[C@@]2(CCCN(Cc3cccnc3)C2=O)C1. The van der Waals surface area contributed by atoms with Gasteiger partial charge in [-0.2, -0.15) is 0 Å². The van der Waals surface area contributed by atoms with Crippen LogP contribution in [0.5, 0.6) is 0 Å². The zero-order valence-corrected chi connectivity index (χ0v) is 13.6. The zero-order chi connectivity index (χ0) is 15.8. The van der Waals surface area contributed by atoms with Gasteiger partial charge < -0.3 is 4.90 Å². The van der Waals surface area contributed by atoms with Crippen molar-refractivity contribution in [1.29, 1.82) is 0 Å². The number of likely N-dealkylation sites (tertiary alicyclic amines) is 1. The van der Waals surface area contributed by atoms with Gasteiger partial charge in [-0.25, -0.2) is 12.7 Å². The van der Waals surface area contributed by atoms with Gasteiger partial charge in [0.25, 0.3) is 0 Å². The molecule has 0 aliphatic carbocycles. The van der Waals surface area contributed by atoms with Gasteiger partial charge in [0.15, 0.2) is 0 Å². The van der Waals surface area contributed by atoms with Gasteiger partial charge in [-0.15, -0.1) is 0 Å². The van der Waals surface area contributed by atoms with E-state index in [9.17, 15) is 13.2 Å². The number of sulfonamides is 1. The van der Waals surface area contributed by atoms with Crippen molar-refractivity contribution in [3.63, 3.8) is 0 Å². The van der Waals surface area contributed by atoms with E-state index in [1.165, 1.54) is 10.6 Å². The molecular weight excluding hydrogens is 302 g/mol. The van der Waals surface area contributed by atoms with Crippen LogP contribution in [0.3, 0.4) is 0 Å². The Balaban J connectivity index is 1.76. The van der Waals surface area contributed by atoms with E-state index in [0.717, 1.165) is 24.9 Å². The van der Waals surface area contributed by atoms with Crippen LogP contribution in [0.15, 0.2) is 24.5 Å². The number of carbonyl (C=O) groups excluding carboxylic acids is 1. The number of piperidine rings is 1. The van der Waals surface area contributed by atoms with Crippen LogP contribution in [-0.4, -0.2) is 54.4 Å². The third-order valence-corrected chi connectivity index (χ3v) is 5.96. The molecule has 3 rings (SSSR count). The predicted molar refractivity (Wildman–Crippen MR) is 82.4 cm³/mol. The van der Waals surface area contributed by atoms with E-state index >= 15 is 0 Å². The zero-order valence-electron chi connectivity index (χ0n) is 12.7. The maximum atomic E-state index is 12.9. The largest absolute Gasteiger partial charge is 0.338 e. The molecule has 0 radical (unpaired) electrons. The van der Waals surface area contributed by atoms with E-state index in [-0.39, 0.29) is 5.91 Å². The third-order valence-electron chi connectivity index (χ3n) is 4.71. The van der Waals surface area contributed by atoms with Crippen molar-refractivity contribution in [1.82, 2.24) is 14.2 Å². The van der Waals surface area contributed by atoms with E-state index in [0.29, 0.717) is 26.1 Å². The normalized spacial score (nSPS) is 26.8. The summed E-state index contributed by atoms with van der Waals surface area (Å²) in [4.78, 5) is 18.8. The Hall–Kier alpha value is -1.47. The van der Waals surface area contributed by atoms with Gasteiger partial charge in [0.2, 0.25) is 15.9 Å². The van der Waals surface area contributed by atoms with Crippen molar-refractivity contribution < 1.29 is 13.2 Å². The minimum atomic E-state index is -3.23. The van der Waals surface area contributed by atoms with Crippen molar-refractivity contribution in [2.45, 2.75) is 25.8 Å². The Labute approximate surface area is 131 Å². The lowest BCUT2D eigenvalue weighted by atomic mass is 9.78. The van der Waals surface area contributed by atoms with Crippen LogP contribution in [0.2, 0.25) is 0 Å². The molecule has 3 heterocycles. The van der Waals surface area contributed by atoms with Crippen molar-refractivity contribution in [3.8, 4) is 0 Å². The number of pyridine rings is 1. The summed E-state index contributed by atoms with van der Waals surface area (Å²) < 4.78 is 24.9. The first-order chi connectivity index (χ1) is 10.4. The van der Waals surface area contributed by atoms with Gasteiger partial charge in [0.05, 0.1) is 11.7 Å². The predicted octanol–water partition coefficient (Wildman–Crippen LogP) is 0.856. The molecule has 0 aromatic carbocycles. The summed E-state index contributed by atoms with van der Waals surface area (Å²) in [7, 11) is -3.23. The van der Waals surface area contributed by atoms with Gasteiger partial charge in [-0.1, -0.05) is 6.07 Å². The Morgan fingerprint density at radius 2 is 2.14 bits per heavy atom. The number of carbonyl (C=O) groups is 1. The first-order valence-electron chi connectivity index (χ1n) is 7.54. The second kappa shape index (κ2) is 5.62. The maximum absolute atomic E-state index is 12.9. The highest BCUT2D eigenvalue weighted by atomic mass is 32.2. The standard InChI is InChI=1S/C15H21N3O3S/c1-22(20,21)18-9-6-15(12-18)5-3-8-17(14(15)19)11-13-4-2-7-16-10-13/h2,4,7,10H,3,5-6,8-9,11-12H2,1H3/t15-/m0/s1. The van der Waals surface area contributed by atoms with E-state index in [1.807, 2.05) is 17.0 Å². The molecule has 1 spiro atoms. The van der Waals surface area contributed by atoms with Gasteiger partial charge >= 0.3 is 0 Å². The molecule has 22 heavy (non-hydrogen) atoms. The van der Waals surface area contributed by atoms with E-state index in [4.69, 9.17) is 0 Å². The maximum Gasteiger partial charge on any atom is 0.230 e. The van der Waals surface area contributed by atoms with Crippen LogP contribution in [0.25, 0.3) is 0 Å². The summed E-state index contributed by atoms with van der Waals surface area (Å²) in [5, 5.41) is 0. The lowest BCUT2D eigenvalue weighted by Gasteiger charge is -2.39. The molecule has 2 fully saturated rings. The molecule has 1 atom stereocenters. The number of rotatable bonds is 3. The average Bonchev–Trinajstić information content (AvgIpc) is 2.91. The van der Waals surface area contributed by atoms with E-state index < -0.39 is 15.4 Å². The molecule has 7 heteroatoms. The molecule has 0 saturated carbocycles.